The molecule has 0 spiro atoms. The second-order valence-electron chi connectivity index (χ2n) is 9.34. The summed E-state index contributed by atoms with van der Waals surface area (Å²) in [6, 6.07) is 23.1. The van der Waals surface area contributed by atoms with Crippen LogP contribution in [-0.4, -0.2) is 32.2 Å². The number of nitrogens with zero attached hydrogens (tertiary/aromatic N) is 3. The van der Waals surface area contributed by atoms with Crippen molar-refractivity contribution in [2.75, 3.05) is 5.32 Å². The molecule has 1 heterocycles. The minimum atomic E-state index is -5.85. The predicted octanol–water partition coefficient (Wildman–Crippen LogP) is 7.69. The molecule has 5 aromatic rings. The highest BCUT2D eigenvalue weighted by Gasteiger charge is 2.61. The number of rotatable bonds is 8. The first kappa shape index (κ1) is 28.7. The highest BCUT2D eigenvalue weighted by molar-refractivity contribution is 5.68. The van der Waals surface area contributed by atoms with Gasteiger partial charge in [0.25, 0.3) is 0 Å². The number of alkyl halides is 5. The number of benzene rings is 4. The maximum absolute atomic E-state index is 14.4. The first-order valence-electron chi connectivity index (χ1n) is 12.5. The van der Waals surface area contributed by atoms with Crippen molar-refractivity contribution in [3.63, 3.8) is 0 Å². The number of ether oxygens (including phenoxy) is 1. The number of hydrogen-bond donors (Lipinski definition) is 2. The van der Waals surface area contributed by atoms with Gasteiger partial charge in [-0.15, -0.1) is 5.10 Å². The number of nitrogens with one attached hydrogen (secondary N) is 1. The number of aliphatic hydroxyl groups is 1. The van der Waals surface area contributed by atoms with Gasteiger partial charge in [-0.3, -0.25) is 0 Å². The molecular formula is C30H22F6N4O2. The second kappa shape index (κ2) is 11.2. The summed E-state index contributed by atoms with van der Waals surface area (Å²) in [5, 5.41) is 18.0. The fraction of sp³-hybridized carbons (Fsp3) is 0.133. The molecule has 5 rings (SSSR count). The lowest BCUT2D eigenvalue weighted by atomic mass is 9.98. The van der Waals surface area contributed by atoms with Gasteiger partial charge in [0.15, 0.2) is 12.1 Å². The first-order valence-corrected chi connectivity index (χ1v) is 12.5. The maximum atomic E-state index is 14.4. The molecule has 0 amide bonds. The smallest absolute Gasteiger partial charge is 0.426 e. The van der Waals surface area contributed by atoms with E-state index < -0.39 is 30.1 Å². The molecule has 0 aliphatic carbocycles. The molecule has 1 aromatic heterocycles. The van der Waals surface area contributed by atoms with E-state index >= 15 is 0 Å². The van der Waals surface area contributed by atoms with Crippen LogP contribution >= 0.6 is 0 Å². The van der Waals surface area contributed by atoms with Crippen LogP contribution in [0.5, 0.6) is 5.75 Å². The van der Waals surface area contributed by atoms with Crippen LogP contribution in [0.4, 0.5) is 32.0 Å². The van der Waals surface area contributed by atoms with Gasteiger partial charge in [-0.1, -0.05) is 24.3 Å². The Hall–Kier alpha value is -4.84. The predicted molar refractivity (Wildman–Crippen MR) is 144 cm³/mol. The lowest BCUT2D eigenvalue weighted by Gasteiger charge is -2.20. The molecule has 1 atom stereocenters. The summed E-state index contributed by atoms with van der Waals surface area (Å²) in [6.07, 6.45) is -11.0. The molecule has 216 valence electrons. The Morgan fingerprint density at radius 3 is 2.21 bits per heavy atom. The summed E-state index contributed by atoms with van der Waals surface area (Å²) in [6.45, 7) is 1.92. The molecule has 1 unspecified atom stereocenters. The van der Waals surface area contributed by atoms with Crippen molar-refractivity contribution in [3.8, 4) is 34.0 Å². The minimum Gasteiger partial charge on any atom is -0.426 e. The van der Waals surface area contributed by atoms with Crippen molar-refractivity contribution in [1.82, 2.24) is 14.8 Å². The number of aliphatic hydroxyl groups excluding tert-OH is 1. The van der Waals surface area contributed by atoms with E-state index in [1.165, 1.54) is 35.3 Å². The molecule has 0 radical (unpaired) electrons. The number of aromatic nitrogens is 3. The third-order valence-corrected chi connectivity index (χ3v) is 6.31. The van der Waals surface area contributed by atoms with E-state index in [2.05, 4.69) is 20.1 Å². The Morgan fingerprint density at radius 1 is 0.857 bits per heavy atom. The van der Waals surface area contributed by atoms with Crippen LogP contribution in [0, 0.1) is 12.7 Å². The van der Waals surface area contributed by atoms with Crippen molar-refractivity contribution < 1.29 is 36.2 Å². The highest BCUT2D eigenvalue weighted by Crippen LogP contribution is 2.37. The fourth-order valence-electron chi connectivity index (χ4n) is 4.17. The van der Waals surface area contributed by atoms with E-state index in [4.69, 9.17) is 0 Å². The molecule has 0 saturated carbocycles. The van der Waals surface area contributed by atoms with E-state index in [-0.39, 0.29) is 0 Å². The van der Waals surface area contributed by atoms with Gasteiger partial charge in [0.05, 0.1) is 5.69 Å². The molecule has 0 aliphatic heterocycles. The van der Waals surface area contributed by atoms with E-state index in [0.717, 1.165) is 23.3 Å². The van der Waals surface area contributed by atoms with Gasteiger partial charge in [-0.2, -0.15) is 22.0 Å². The Bertz CT molecular complexity index is 1690. The fourth-order valence-corrected chi connectivity index (χ4v) is 4.17. The van der Waals surface area contributed by atoms with Gasteiger partial charge >= 0.3 is 12.3 Å². The van der Waals surface area contributed by atoms with Crippen LogP contribution < -0.4 is 10.1 Å². The summed E-state index contributed by atoms with van der Waals surface area (Å²) < 4.78 is 82.8. The molecule has 0 saturated heterocycles. The maximum Gasteiger partial charge on any atom is 0.499 e. The van der Waals surface area contributed by atoms with Gasteiger partial charge in [0.2, 0.25) is 0 Å². The van der Waals surface area contributed by atoms with Crippen molar-refractivity contribution >= 4 is 5.69 Å². The van der Waals surface area contributed by atoms with E-state index in [9.17, 15) is 31.4 Å². The average Bonchev–Trinajstić information content (AvgIpc) is 3.43. The zero-order chi connectivity index (χ0) is 30.1. The van der Waals surface area contributed by atoms with Crippen LogP contribution in [-0.2, 0) is 0 Å². The number of anilines is 1. The Labute approximate surface area is 235 Å². The topological polar surface area (TPSA) is 72.2 Å². The van der Waals surface area contributed by atoms with Gasteiger partial charge in [-0.05, 0) is 90.3 Å². The zero-order valence-corrected chi connectivity index (χ0v) is 21.8. The summed E-state index contributed by atoms with van der Waals surface area (Å²) in [7, 11) is 0. The molecule has 0 bridgehead atoms. The molecule has 6 nitrogen and oxygen atoms in total. The van der Waals surface area contributed by atoms with Gasteiger partial charge in [-0.25, -0.2) is 14.1 Å². The van der Waals surface area contributed by atoms with E-state index in [1.54, 1.807) is 30.3 Å². The average molecular weight is 585 g/mol. The number of hydrogen-bond acceptors (Lipinski definition) is 5. The Morgan fingerprint density at radius 2 is 1.55 bits per heavy atom. The van der Waals surface area contributed by atoms with Crippen molar-refractivity contribution in [2.45, 2.75) is 25.4 Å². The standard InChI is InChI=1S/C30H22F6N4O2/c1-18-4-2-3-5-26(18)20-14-21(16-22(31)15-20)28(41)38-23-8-6-19(7-9-23)27-37-17-40(39-27)24-10-12-25(13-11-24)42-30(35,36)29(32,33)34/h2-17,28,38,41H,1H3. The lowest BCUT2D eigenvalue weighted by Crippen LogP contribution is -2.41. The van der Waals surface area contributed by atoms with Crippen molar-refractivity contribution in [1.29, 1.82) is 0 Å². The lowest BCUT2D eigenvalue weighted by molar-refractivity contribution is -0.360. The summed E-state index contributed by atoms with van der Waals surface area (Å²) >= 11 is 0. The molecule has 0 fully saturated rings. The SMILES string of the molecule is Cc1ccccc1-c1cc(F)cc(C(O)Nc2ccc(-c3ncn(-c4ccc(OC(F)(F)C(F)(F)F)cc4)n3)cc2)c1. The Balaban J connectivity index is 1.26. The molecule has 4 aromatic carbocycles. The second-order valence-corrected chi connectivity index (χ2v) is 9.34. The van der Waals surface area contributed by atoms with Crippen molar-refractivity contribution in [3.05, 3.63) is 114 Å². The van der Waals surface area contributed by atoms with Crippen LogP contribution in [0.1, 0.15) is 17.4 Å². The Kier molecular flexibility index (Phi) is 7.65. The molecule has 12 heteroatoms. The van der Waals surface area contributed by atoms with Crippen LogP contribution in [0.2, 0.25) is 0 Å². The van der Waals surface area contributed by atoms with Gasteiger partial charge < -0.3 is 15.2 Å². The van der Waals surface area contributed by atoms with Gasteiger partial charge in [0.1, 0.15) is 17.9 Å². The van der Waals surface area contributed by atoms with E-state index in [1.807, 2.05) is 31.2 Å². The minimum absolute atomic E-state index is 0.305. The van der Waals surface area contributed by atoms with Crippen LogP contribution in [0.15, 0.2) is 97.3 Å². The van der Waals surface area contributed by atoms with Crippen LogP contribution in [0.25, 0.3) is 28.2 Å². The zero-order valence-electron chi connectivity index (χ0n) is 21.8. The molecule has 42 heavy (non-hydrogen) atoms. The van der Waals surface area contributed by atoms with E-state index in [0.29, 0.717) is 33.9 Å². The molecule has 0 aliphatic rings. The largest absolute Gasteiger partial charge is 0.499 e. The molecule has 2 N–H and O–H groups in total. The molecular weight excluding hydrogens is 562 g/mol. The third-order valence-electron chi connectivity index (χ3n) is 6.31. The summed E-state index contributed by atoms with van der Waals surface area (Å²) in [4.78, 5) is 4.21. The monoisotopic (exact) mass is 584 g/mol. The van der Waals surface area contributed by atoms with Crippen LogP contribution in [0.3, 0.4) is 0 Å². The first-order chi connectivity index (χ1) is 19.9. The van der Waals surface area contributed by atoms with Crippen molar-refractivity contribution in [2.24, 2.45) is 0 Å². The normalized spacial score (nSPS) is 12.7. The highest BCUT2D eigenvalue weighted by atomic mass is 19.4. The quantitative estimate of drug-likeness (QED) is 0.145. The van der Waals surface area contributed by atoms with Gasteiger partial charge in [0, 0.05) is 16.8 Å². The third kappa shape index (κ3) is 6.23. The summed E-state index contributed by atoms with van der Waals surface area (Å²) in [5.74, 6) is -0.847. The number of halogens is 6. The summed E-state index contributed by atoms with van der Waals surface area (Å²) in [5.41, 5.74) is 4.30. The number of aryl methyl sites for hydroxylation is 1.